The molecule has 1 aromatic rings. The molecular weight excluding hydrogens is 258 g/mol. The SMILES string of the molecule is O=C(O)NC(CO)[C@H](O)/C=C/c1ccc(Cl)cc1. The number of carboxylic acid groups (broad SMARTS) is 1. The Morgan fingerprint density at radius 3 is 2.50 bits per heavy atom. The van der Waals surface area contributed by atoms with Crippen LogP contribution in [0.2, 0.25) is 5.02 Å². The second kappa shape index (κ2) is 7.00. The van der Waals surface area contributed by atoms with Crippen molar-refractivity contribution >= 4 is 23.8 Å². The molecule has 2 atom stereocenters. The fourth-order valence-electron chi connectivity index (χ4n) is 1.32. The number of carbonyl (C=O) groups is 1. The Balaban J connectivity index is 2.64. The van der Waals surface area contributed by atoms with Gasteiger partial charge in [-0.2, -0.15) is 0 Å². The highest BCUT2D eigenvalue weighted by molar-refractivity contribution is 6.30. The molecule has 1 unspecified atom stereocenters. The minimum Gasteiger partial charge on any atom is -0.465 e. The monoisotopic (exact) mass is 271 g/mol. The van der Waals surface area contributed by atoms with Crippen LogP contribution in [0.1, 0.15) is 5.56 Å². The van der Waals surface area contributed by atoms with E-state index >= 15 is 0 Å². The van der Waals surface area contributed by atoms with Crippen molar-refractivity contribution < 1.29 is 20.1 Å². The zero-order chi connectivity index (χ0) is 13.5. The third-order valence-electron chi connectivity index (χ3n) is 2.27. The number of halogens is 1. The molecule has 0 fully saturated rings. The Kier molecular flexibility index (Phi) is 5.64. The molecule has 18 heavy (non-hydrogen) atoms. The van der Waals surface area contributed by atoms with Crippen LogP contribution >= 0.6 is 11.6 Å². The molecule has 0 aliphatic carbocycles. The van der Waals surface area contributed by atoms with Gasteiger partial charge in [-0.25, -0.2) is 4.79 Å². The smallest absolute Gasteiger partial charge is 0.405 e. The van der Waals surface area contributed by atoms with E-state index in [9.17, 15) is 9.90 Å². The lowest BCUT2D eigenvalue weighted by Gasteiger charge is -2.17. The van der Waals surface area contributed by atoms with Gasteiger partial charge in [-0.05, 0) is 17.7 Å². The van der Waals surface area contributed by atoms with Crippen molar-refractivity contribution in [2.45, 2.75) is 12.1 Å². The summed E-state index contributed by atoms with van der Waals surface area (Å²) in [6, 6.07) is 5.96. The lowest BCUT2D eigenvalue weighted by Crippen LogP contribution is -2.44. The van der Waals surface area contributed by atoms with Gasteiger partial charge in [-0.1, -0.05) is 35.9 Å². The predicted octanol–water partition coefficient (Wildman–Crippen LogP) is 1.34. The molecule has 4 N–H and O–H groups in total. The molecule has 0 saturated carbocycles. The average molecular weight is 272 g/mol. The number of hydrogen-bond donors (Lipinski definition) is 4. The van der Waals surface area contributed by atoms with Gasteiger partial charge in [0, 0.05) is 5.02 Å². The van der Waals surface area contributed by atoms with Crippen LogP contribution in [0.15, 0.2) is 30.3 Å². The van der Waals surface area contributed by atoms with Crippen molar-refractivity contribution in [1.82, 2.24) is 5.32 Å². The van der Waals surface area contributed by atoms with E-state index in [1.165, 1.54) is 6.08 Å². The van der Waals surface area contributed by atoms with Crippen molar-refractivity contribution in [1.29, 1.82) is 0 Å². The third-order valence-corrected chi connectivity index (χ3v) is 2.53. The van der Waals surface area contributed by atoms with Crippen LogP contribution in [-0.2, 0) is 0 Å². The molecule has 1 rings (SSSR count). The first-order valence-corrected chi connectivity index (χ1v) is 5.63. The van der Waals surface area contributed by atoms with Crippen LogP contribution < -0.4 is 5.32 Å². The first-order valence-electron chi connectivity index (χ1n) is 5.25. The zero-order valence-electron chi connectivity index (χ0n) is 9.45. The van der Waals surface area contributed by atoms with E-state index in [1.54, 1.807) is 30.3 Å². The second-order valence-corrected chi connectivity index (χ2v) is 4.08. The summed E-state index contributed by atoms with van der Waals surface area (Å²) in [4.78, 5) is 10.4. The summed E-state index contributed by atoms with van der Waals surface area (Å²) in [6.07, 6.45) is 0.613. The van der Waals surface area contributed by atoms with Gasteiger partial charge in [-0.3, -0.25) is 0 Å². The molecule has 0 aliphatic heterocycles. The number of benzene rings is 1. The Morgan fingerprint density at radius 1 is 1.39 bits per heavy atom. The van der Waals surface area contributed by atoms with Crippen molar-refractivity contribution in [2.24, 2.45) is 0 Å². The molecule has 1 aromatic carbocycles. The summed E-state index contributed by atoms with van der Waals surface area (Å²) >= 11 is 5.72. The number of hydrogen-bond acceptors (Lipinski definition) is 3. The molecule has 1 amide bonds. The summed E-state index contributed by atoms with van der Waals surface area (Å²) in [5.74, 6) is 0. The van der Waals surface area contributed by atoms with E-state index in [2.05, 4.69) is 0 Å². The molecule has 6 heteroatoms. The first kappa shape index (κ1) is 14.5. The van der Waals surface area contributed by atoms with Gasteiger partial charge < -0.3 is 20.6 Å². The lowest BCUT2D eigenvalue weighted by atomic mass is 10.1. The van der Waals surface area contributed by atoms with Crippen LogP contribution in [0.25, 0.3) is 6.08 Å². The van der Waals surface area contributed by atoms with Gasteiger partial charge in [0.15, 0.2) is 0 Å². The van der Waals surface area contributed by atoms with E-state index in [1.807, 2.05) is 5.32 Å². The number of nitrogens with one attached hydrogen (secondary N) is 1. The fraction of sp³-hybridized carbons (Fsp3) is 0.250. The van der Waals surface area contributed by atoms with Gasteiger partial charge >= 0.3 is 6.09 Å². The summed E-state index contributed by atoms with van der Waals surface area (Å²) in [5.41, 5.74) is 0.811. The highest BCUT2D eigenvalue weighted by Crippen LogP contribution is 2.11. The van der Waals surface area contributed by atoms with E-state index in [4.69, 9.17) is 21.8 Å². The van der Waals surface area contributed by atoms with E-state index in [0.29, 0.717) is 5.02 Å². The van der Waals surface area contributed by atoms with Crippen molar-refractivity contribution in [3.63, 3.8) is 0 Å². The van der Waals surface area contributed by atoms with Crippen molar-refractivity contribution in [3.8, 4) is 0 Å². The molecule has 98 valence electrons. The van der Waals surface area contributed by atoms with E-state index in [-0.39, 0.29) is 0 Å². The summed E-state index contributed by atoms with van der Waals surface area (Å²) in [5, 5.41) is 29.7. The molecule has 5 nitrogen and oxygen atoms in total. The first-order chi connectivity index (χ1) is 8.52. The molecule has 0 aliphatic rings. The van der Waals surface area contributed by atoms with Gasteiger partial charge in [-0.15, -0.1) is 0 Å². The van der Waals surface area contributed by atoms with Crippen LogP contribution in [-0.4, -0.2) is 40.2 Å². The topological polar surface area (TPSA) is 89.8 Å². The molecule has 0 spiro atoms. The summed E-state index contributed by atoms with van der Waals surface area (Å²) in [7, 11) is 0. The lowest BCUT2D eigenvalue weighted by molar-refractivity contribution is 0.116. The van der Waals surface area contributed by atoms with Gasteiger partial charge in [0.05, 0.1) is 18.8 Å². The number of aliphatic hydroxyl groups excluding tert-OH is 2. The highest BCUT2D eigenvalue weighted by atomic mass is 35.5. The normalized spacial score (nSPS) is 14.4. The van der Waals surface area contributed by atoms with Crippen LogP contribution in [0.5, 0.6) is 0 Å². The van der Waals surface area contributed by atoms with Gasteiger partial charge in [0.2, 0.25) is 0 Å². The molecular formula is C12H14ClNO4. The standard InChI is InChI=1S/C12H14ClNO4/c13-9-4-1-8(2-5-9)3-6-11(16)10(7-15)14-12(17)18/h1-6,10-11,14-16H,7H2,(H,17,18)/b6-3+/t10?,11-/m1/s1. The Bertz CT molecular complexity index is 419. The highest BCUT2D eigenvalue weighted by Gasteiger charge is 2.17. The van der Waals surface area contributed by atoms with E-state index < -0.39 is 24.8 Å². The largest absolute Gasteiger partial charge is 0.465 e. The maximum Gasteiger partial charge on any atom is 0.405 e. The Hall–Kier alpha value is -1.56. The van der Waals surface area contributed by atoms with Gasteiger partial charge in [0.25, 0.3) is 0 Å². The zero-order valence-corrected chi connectivity index (χ0v) is 10.2. The van der Waals surface area contributed by atoms with Gasteiger partial charge in [0.1, 0.15) is 0 Å². The van der Waals surface area contributed by atoms with Crippen molar-refractivity contribution in [3.05, 3.63) is 40.9 Å². The minimum absolute atomic E-state index is 0.488. The predicted molar refractivity (Wildman–Crippen MR) is 68.5 cm³/mol. The van der Waals surface area contributed by atoms with E-state index in [0.717, 1.165) is 5.56 Å². The summed E-state index contributed by atoms with van der Waals surface area (Å²) < 4.78 is 0. The average Bonchev–Trinajstić information content (AvgIpc) is 2.34. The number of amides is 1. The summed E-state index contributed by atoms with van der Waals surface area (Å²) in [6.45, 7) is -0.488. The maximum atomic E-state index is 10.4. The molecule has 0 heterocycles. The molecule has 0 radical (unpaired) electrons. The second-order valence-electron chi connectivity index (χ2n) is 3.64. The van der Waals surface area contributed by atoms with Crippen LogP contribution in [0.4, 0.5) is 4.79 Å². The number of rotatable bonds is 5. The fourth-order valence-corrected chi connectivity index (χ4v) is 1.44. The quantitative estimate of drug-likeness (QED) is 0.651. The third kappa shape index (κ3) is 4.75. The molecule has 0 aromatic heterocycles. The number of aliphatic hydroxyl groups is 2. The maximum absolute atomic E-state index is 10.4. The minimum atomic E-state index is -1.30. The van der Waals surface area contributed by atoms with Crippen LogP contribution in [0.3, 0.4) is 0 Å². The molecule has 0 bridgehead atoms. The van der Waals surface area contributed by atoms with Crippen molar-refractivity contribution in [2.75, 3.05) is 6.61 Å². The van der Waals surface area contributed by atoms with Crippen LogP contribution in [0, 0.1) is 0 Å². The molecule has 0 saturated heterocycles. The Morgan fingerprint density at radius 2 is 2.00 bits per heavy atom. The Labute approximate surface area is 109 Å².